The molecule has 0 aromatic rings. The third kappa shape index (κ3) is 4.31. The standard InChI is InChI=1S/C12H24N2O2/c1-5-9-10(13-6-2)11(15)12(16)14(7-3)8-4/h10,13H,5-9H2,1-4H3. The number of amides is 1. The highest BCUT2D eigenvalue weighted by atomic mass is 16.2. The molecule has 0 saturated heterocycles. The van der Waals surface area contributed by atoms with Gasteiger partial charge in [0.05, 0.1) is 6.04 Å². The summed E-state index contributed by atoms with van der Waals surface area (Å²) in [5.41, 5.74) is 0. The molecule has 4 heteroatoms. The summed E-state index contributed by atoms with van der Waals surface area (Å²) < 4.78 is 0. The number of likely N-dealkylation sites (N-methyl/N-ethyl adjacent to an activating group) is 2. The van der Waals surface area contributed by atoms with E-state index in [-0.39, 0.29) is 17.7 Å². The van der Waals surface area contributed by atoms with E-state index in [2.05, 4.69) is 5.32 Å². The summed E-state index contributed by atoms with van der Waals surface area (Å²) in [5.74, 6) is -0.656. The lowest BCUT2D eigenvalue weighted by Gasteiger charge is -2.21. The monoisotopic (exact) mass is 228 g/mol. The molecule has 4 nitrogen and oxygen atoms in total. The predicted octanol–water partition coefficient (Wildman–Crippen LogP) is 1.20. The van der Waals surface area contributed by atoms with Crippen molar-refractivity contribution in [3.63, 3.8) is 0 Å². The average Bonchev–Trinajstić information content (AvgIpc) is 2.29. The topological polar surface area (TPSA) is 49.4 Å². The fourth-order valence-electron chi connectivity index (χ4n) is 1.68. The molecule has 0 fully saturated rings. The highest BCUT2D eigenvalue weighted by molar-refractivity contribution is 6.38. The minimum absolute atomic E-state index is 0.299. The summed E-state index contributed by atoms with van der Waals surface area (Å²) in [7, 11) is 0. The maximum atomic E-state index is 11.9. The fourth-order valence-corrected chi connectivity index (χ4v) is 1.68. The van der Waals surface area contributed by atoms with E-state index in [0.717, 1.165) is 12.8 Å². The number of hydrogen-bond donors (Lipinski definition) is 1. The Kier molecular flexibility index (Phi) is 7.81. The van der Waals surface area contributed by atoms with E-state index in [1.165, 1.54) is 0 Å². The third-order valence-corrected chi connectivity index (χ3v) is 2.61. The summed E-state index contributed by atoms with van der Waals surface area (Å²) in [6, 6.07) is -0.317. The zero-order valence-electron chi connectivity index (χ0n) is 10.9. The van der Waals surface area contributed by atoms with Gasteiger partial charge < -0.3 is 10.2 Å². The van der Waals surface area contributed by atoms with Crippen LogP contribution in [0.15, 0.2) is 0 Å². The average molecular weight is 228 g/mol. The van der Waals surface area contributed by atoms with Crippen LogP contribution in [0, 0.1) is 0 Å². The molecule has 16 heavy (non-hydrogen) atoms. The second kappa shape index (κ2) is 8.28. The Labute approximate surface area is 98.4 Å². The van der Waals surface area contributed by atoms with Gasteiger partial charge >= 0.3 is 0 Å². The molecule has 0 radical (unpaired) electrons. The number of Topliss-reactive ketones (excluding diaryl/α,β-unsaturated/α-hetero) is 1. The first-order valence-corrected chi connectivity index (χ1v) is 6.18. The van der Waals surface area contributed by atoms with E-state index in [4.69, 9.17) is 0 Å². The first-order valence-electron chi connectivity index (χ1n) is 6.18. The van der Waals surface area contributed by atoms with Crippen LogP contribution in [0.25, 0.3) is 0 Å². The molecule has 0 aromatic carbocycles. The Morgan fingerprint density at radius 1 is 1.12 bits per heavy atom. The second-order valence-corrected chi connectivity index (χ2v) is 3.74. The molecule has 0 aliphatic rings. The lowest BCUT2D eigenvalue weighted by atomic mass is 10.1. The molecule has 0 bridgehead atoms. The zero-order chi connectivity index (χ0) is 12.6. The molecular formula is C12H24N2O2. The van der Waals surface area contributed by atoms with Gasteiger partial charge in [-0.3, -0.25) is 9.59 Å². The van der Waals surface area contributed by atoms with Crippen LogP contribution in [0.5, 0.6) is 0 Å². The second-order valence-electron chi connectivity index (χ2n) is 3.74. The largest absolute Gasteiger partial charge is 0.337 e. The Morgan fingerprint density at radius 3 is 2.06 bits per heavy atom. The number of nitrogens with zero attached hydrogens (tertiary/aromatic N) is 1. The van der Waals surface area contributed by atoms with Crippen LogP contribution in [0.3, 0.4) is 0 Å². The van der Waals surface area contributed by atoms with Crippen molar-refractivity contribution in [1.29, 1.82) is 0 Å². The van der Waals surface area contributed by atoms with E-state index in [1.807, 2.05) is 27.7 Å². The van der Waals surface area contributed by atoms with Crippen LogP contribution < -0.4 is 5.32 Å². The lowest BCUT2D eigenvalue weighted by Crippen LogP contribution is -2.46. The van der Waals surface area contributed by atoms with Crippen LogP contribution in [0.4, 0.5) is 0 Å². The first-order chi connectivity index (χ1) is 7.62. The van der Waals surface area contributed by atoms with Crippen molar-refractivity contribution in [2.75, 3.05) is 19.6 Å². The third-order valence-electron chi connectivity index (χ3n) is 2.61. The molecule has 0 aliphatic carbocycles. The van der Waals surface area contributed by atoms with Crippen molar-refractivity contribution in [1.82, 2.24) is 10.2 Å². The van der Waals surface area contributed by atoms with Crippen molar-refractivity contribution < 1.29 is 9.59 Å². The van der Waals surface area contributed by atoms with Crippen molar-refractivity contribution in [3.05, 3.63) is 0 Å². The van der Waals surface area contributed by atoms with Gasteiger partial charge in [-0.1, -0.05) is 20.3 Å². The first kappa shape index (κ1) is 15.1. The van der Waals surface area contributed by atoms with Gasteiger partial charge in [0.1, 0.15) is 0 Å². The molecule has 0 heterocycles. The Morgan fingerprint density at radius 2 is 1.69 bits per heavy atom. The molecule has 0 aliphatic heterocycles. The lowest BCUT2D eigenvalue weighted by molar-refractivity contribution is -0.145. The Bertz CT molecular complexity index is 219. The van der Waals surface area contributed by atoms with Gasteiger partial charge in [0.2, 0.25) is 5.78 Å². The van der Waals surface area contributed by atoms with Crippen molar-refractivity contribution >= 4 is 11.7 Å². The molecular weight excluding hydrogens is 204 g/mol. The van der Waals surface area contributed by atoms with Gasteiger partial charge in [0, 0.05) is 13.1 Å². The quantitative estimate of drug-likeness (QED) is 0.635. The minimum atomic E-state index is -0.357. The van der Waals surface area contributed by atoms with E-state index in [0.29, 0.717) is 19.6 Å². The Balaban J connectivity index is 4.52. The number of carbonyl (C=O) groups is 2. The SMILES string of the molecule is CCCC(NCC)C(=O)C(=O)N(CC)CC. The van der Waals surface area contributed by atoms with E-state index >= 15 is 0 Å². The molecule has 1 amide bonds. The number of carbonyl (C=O) groups excluding carboxylic acids is 2. The highest BCUT2D eigenvalue weighted by Crippen LogP contribution is 2.02. The van der Waals surface area contributed by atoms with Gasteiger partial charge in [-0.2, -0.15) is 0 Å². The fraction of sp³-hybridized carbons (Fsp3) is 0.833. The van der Waals surface area contributed by atoms with Gasteiger partial charge in [0.15, 0.2) is 0 Å². The molecule has 0 rings (SSSR count). The molecule has 0 saturated carbocycles. The molecule has 0 aromatic heterocycles. The summed E-state index contributed by atoms with van der Waals surface area (Å²) >= 11 is 0. The maximum Gasteiger partial charge on any atom is 0.291 e. The van der Waals surface area contributed by atoms with Crippen LogP contribution in [-0.2, 0) is 9.59 Å². The maximum absolute atomic E-state index is 11.9. The van der Waals surface area contributed by atoms with Crippen molar-refractivity contribution in [2.45, 2.75) is 46.6 Å². The summed E-state index contributed by atoms with van der Waals surface area (Å²) in [6.07, 6.45) is 1.62. The normalized spacial score (nSPS) is 12.2. The molecule has 0 spiro atoms. The van der Waals surface area contributed by atoms with Gasteiger partial charge in [0.25, 0.3) is 5.91 Å². The van der Waals surface area contributed by atoms with Crippen LogP contribution in [0.1, 0.15) is 40.5 Å². The zero-order valence-corrected chi connectivity index (χ0v) is 10.9. The van der Waals surface area contributed by atoms with Crippen LogP contribution in [0.2, 0.25) is 0 Å². The van der Waals surface area contributed by atoms with E-state index < -0.39 is 0 Å². The number of rotatable bonds is 8. The molecule has 1 atom stereocenters. The number of nitrogens with one attached hydrogen (secondary N) is 1. The van der Waals surface area contributed by atoms with E-state index in [1.54, 1.807) is 4.90 Å². The summed E-state index contributed by atoms with van der Waals surface area (Å²) in [4.78, 5) is 25.3. The number of hydrogen-bond acceptors (Lipinski definition) is 3. The van der Waals surface area contributed by atoms with Crippen molar-refractivity contribution in [3.8, 4) is 0 Å². The minimum Gasteiger partial charge on any atom is -0.337 e. The van der Waals surface area contributed by atoms with Crippen LogP contribution >= 0.6 is 0 Å². The van der Waals surface area contributed by atoms with Crippen molar-refractivity contribution in [2.24, 2.45) is 0 Å². The van der Waals surface area contributed by atoms with E-state index in [9.17, 15) is 9.59 Å². The number of ketones is 1. The molecule has 1 unspecified atom stereocenters. The van der Waals surface area contributed by atoms with Gasteiger partial charge in [-0.05, 0) is 26.8 Å². The van der Waals surface area contributed by atoms with Gasteiger partial charge in [-0.25, -0.2) is 0 Å². The smallest absolute Gasteiger partial charge is 0.291 e. The summed E-state index contributed by atoms with van der Waals surface area (Å²) in [6.45, 7) is 9.62. The molecule has 94 valence electrons. The Hall–Kier alpha value is -0.900. The van der Waals surface area contributed by atoms with Gasteiger partial charge in [-0.15, -0.1) is 0 Å². The van der Waals surface area contributed by atoms with Crippen LogP contribution in [-0.4, -0.2) is 42.3 Å². The summed E-state index contributed by atoms with van der Waals surface area (Å²) in [5, 5.41) is 3.07. The highest BCUT2D eigenvalue weighted by Gasteiger charge is 2.26. The predicted molar refractivity (Wildman–Crippen MR) is 65.3 cm³/mol. The molecule has 1 N–H and O–H groups in total.